The Kier molecular flexibility index (Phi) is 2.01. The average molecular weight is 230 g/mol. The van der Waals surface area contributed by atoms with Crippen LogP contribution in [0.25, 0.3) is 0 Å². The second-order valence-electron chi connectivity index (χ2n) is 5.72. The smallest absolute Gasteiger partial charge is 0.169 e. The van der Waals surface area contributed by atoms with Crippen LogP contribution in [0.4, 0.5) is 0 Å². The highest BCUT2D eigenvalue weighted by molar-refractivity contribution is 6.02. The molecule has 90 valence electrons. The molecule has 4 rings (SSSR count). The van der Waals surface area contributed by atoms with Crippen LogP contribution in [0.3, 0.4) is 0 Å². The van der Waals surface area contributed by atoms with Crippen molar-refractivity contribution in [2.24, 2.45) is 11.8 Å². The third-order valence-electron chi connectivity index (χ3n) is 4.80. The predicted octanol–water partition coefficient (Wildman–Crippen LogP) is 1.47. The molecule has 0 amide bonds. The van der Waals surface area contributed by atoms with E-state index in [2.05, 4.69) is 10.3 Å². The third-order valence-corrected chi connectivity index (χ3v) is 4.80. The van der Waals surface area contributed by atoms with E-state index in [0.29, 0.717) is 11.7 Å². The van der Waals surface area contributed by atoms with Crippen LogP contribution in [-0.4, -0.2) is 23.9 Å². The first-order valence-corrected chi connectivity index (χ1v) is 6.82. The second kappa shape index (κ2) is 3.45. The van der Waals surface area contributed by atoms with Gasteiger partial charge in [0, 0.05) is 29.4 Å². The molecule has 1 aromatic rings. The second-order valence-corrected chi connectivity index (χ2v) is 5.72. The Balaban J connectivity index is 1.81. The quantitative estimate of drug-likeness (QED) is 0.709. The molecule has 1 fully saturated rings. The van der Waals surface area contributed by atoms with Crippen LogP contribution >= 0.6 is 0 Å². The molecule has 0 spiro atoms. The Morgan fingerprint density at radius 1 is 1.18 bits per heavy atom. The number of carbonyl (C=O) groups is 1. The van der Waals surface area contributed by atoms with E-state index in [4.69, 9.17) is 0 Å². The third kappa shape index (κ3) is 1.29. The molecule has 0 radical (unpaired) electrons. The Labute approximate surface area is 101 Å². The molecule has 2 atom stereocenters. The molecule has 3 heteroatoms. The molecule has 17 heavy (non-hydrogen) atoms. The first-order valence-electron chi connectivity index (χ1n) is 6.82. The number of aromatic amines is 1. The fourth-order valence-electron chi connectivity index (χ4n) is 3.95. The Hall–Kier alpha value is -1.09. The van der Waals surface area contributed by atoms with E-state index in [1.807, 2.05) is 0 Å². The summed E-state index contributed by atoms with van der Waals surface area (Å²) in [6.07, 6.45) is 5.72. The summed E-state index contributed by atoms with van der Waals surface area (Å²) in [7, 11) is 0. The van der Waals surface area contributed by atoms with Crippen molar-refractivity contribution in [1.82, 2.24) is 10.3 Å². The van der Waals surface area contributed by atoms with Crippen molar-refractivity contribution in [3.8, 4) is 0 Å². The first-order chi connectivity index (χ1) is 8.34. The lowest BCUT2D eigenvalue weighted by Gasteiger charge is -2.34. The maximum atomic E-state index is 12.6. The molecule has 0 aromatic carbocycles. The van der Waals surface area contributed by atoms with E-state index >= 15 is 0 Å². The molecule has 3 aliphatic rings. The van der Waals surface area contributed by atoms with E-state index in [-0.39, 0.29) is 5.92 Å². The number of aromatic nitrogens is 1. The molecule has 2 N–H and O–H groups in total. The molecule has 1 aliphatic heterocycles. The summed E-state index contributed by atoms with van der Waals surface area (Å²) in [5.41, 5.74) is 5.05. The molecule has 0 unspecified atom stereocenters. The van der Waals surface area contributed by atoms with Crippen molar-refractivity contribution < 1.29 is 4.79 Å². The number of H-pyrrole nitrogens is 1. The number of ketones is 1. The maximum Gasteiger partial charge on any atom is 0.169 e. The van der Waals surface area contributed by atoms with Crippen LogP contribution in [0.5, 0.6) is 0 Å². The van der Waals surface area contributed by atoms with Crippen molar-refractivity contribution in [1.29, 1.82) is 0 Å². The van der Waals surface area contributed by atoms with Gasteiger partial charge in [-0.3, -0.25) is 4.79 Å². The summed E-state index contributed by atoms with van der Waals surface area (Å²) < 4.78 is 0. The molecule has 2 aliphatic carbocycles. The van der Waals surface area contributed by atoms with E-state index in [1.165, 1.54) is 23.4 Å². The van der Waals surface area contributed by atoms with Crippen molar-refractivity contribution in [2.75, 3.05) is 13.1 Å². The number of aryl methyl sites for hydroxylation is 1. The molecule has 2 heterocycles. The zero-order valence-corrected chi connectivity index (χ0v) is 10.0. The summed E-state index contributed by atoms with van der Waals surface area (Å²) in [4.78, 5) is 16.1. The van der Waals surface area contributed by atoms with Crippen molar-refractivity contribution >= 4 is 5.78 Å². The van der Waals surface area contributed by atoms with Gasteiger partial charge in [-0.15, -0.1) is 0 Å². The normalized spacial score (nSPS) is 30.9. The SMILES string of the molecule is O=C1c2c([nH]c3c2CCC3)C[C@@H]2CCNC[C@@H]12. The van der Waals surface area contributed by atoms with Gasteiger partial charge in [-0.05, 0) is 50.1 Å². The highest BCUT2D eigenvalue weighted by atomic mass is 16.1. The molecule has 1 saturated heterocycles. The van der Waals surface area contributed by atoms with Gasteiger partial charge in [-0.2, -0.15) is 0 Å². The molecular formula is C14H18N2O. The van der Waals surface area contributed by atoms with E-state index < -0.39 is 0 Å². The van der Waals surface area contributed by atoms with E-state index in [1.54, 1.807) is 0 Å². The summed E-state index contributed by atoms with van der Waals surface area (Å²) in [5, 5.41) is 3.37. The Morgan fingerprint density at radius 2 is 2.12 bits per heavy atom. The largest absolute Gasteiger partial charge is 0.361 e. The first kappa shape index (κ1) is 9.89. The molecule has 1 aromatic heterocycles. The number of nitrogens with one attached hydrogen (secondary N) is 2. The fraction of sp³-hybridized carbons (Fsp3) is 0.643. The Bertz CT molecular complexity index is 489. The topological polar surface area (TPSA) is 44.9 Å². The molecule has 3 nitrogen and oxygen atoms in total. The number of hydrogen-bond acceptors (Lipinski definition) is 2. The number of rotatable bonds is 0. The van der Waals surface area contributed by atoms with Crippen LogP contribution in [0.2, 0.25) is 0 Å². The zero-order chi connectivity index (χ0) is 11.4. The number of piperidine rings is 1. The van der Waals surface area contributed by atoms with Crippen LogP contribution in [0, 0.1) is 11.8 Å². The van der Waals surface area contributed by atoms with Crippen LogP contribution in [0.15, 0.2) is 0 Å². The summed E-state index contributed by atoms with van der Waals surface area (Å²) >= 11 is 0. The average Bonchev–Trinajstić information content (AvgIpc) is 2.89. The lowest BCUT2D eigenvalue weighted by molar-refractivity contribution is 0.0817. The van der Waals surface area contributed by atoms with Gasteiger partial charge in [0.15, 0.2) is 5.78 Å². The van der Waals surface area contributed by atoms with Crippen LogP contribution in [0.1, 0.15) is 40.2 Å². The van der Waals surface area contributed by atoms with Crippen LogP contribution in [-0.2, 0) is 19.3 Å². The molecule has 0 bridgehead atoms. The Morgan fingerprint density at radius 3 is 3.06 bits per heavy atom. The standard InChI is InChI=1S/C14H18N2O/c17-14-10-7-15-5-4-8(10)6-12-13(14)9-2-1-3-11(9)16-12/h8,10,15-16H,1-7H2/t8-,10+/m0/s1. The predicted molar refractivity (Wildman–Crippen MR) is 65.3 cm³/mol. The monoisotopic (exact) mass is 230 g/mol. The van der Waals surface area contributed by atoms with E-state index in [0.717, 1.165) is 44.3 Å². The van der Waals surface area contributed by atoms with Gasteiger partial charge >= 0.3 is 0 Å². The number of carbonyl (C=O) groups excluding carboxylic acids is 1. The zero-order valence-electron chi connectivity index (χ0n) is 10.0. The van der Waals surface area contributed by atoms with Gasteiger partial charge in [0.05, 0.1) is 0 Å². The minimum atomic E-state index is 0.247. The molecular weight excluding hydrogens is 212 g/mol. The van der Waals surface area contributed by atoms with Crippen molar-refractivity contribution in [3.05, 3.63) is 22.5 Å². The van der Waals surface area contributed by atoms with Crippen molar-refractivity contribution in [2.45, 2.75) is 32.1 Å². The summed E-state index contributed by atoms with van der Waals surface area (Å²) in [6.45, 7) is 1.97. The lowest BCUT2D eigenvalue weighted by Crippen LogP contribution is -2.44. The lowest BCUT2D eigenvalue weighted by atomic mass is 9.73. The summed E-state index contributed by atoms with van der Waals surface area (Å²) in [5.74, 6) is 1.25. The van der Waals surface area contributed by atoms with E-state index in [9.17, 15) is 4.79 Å². The number of Topliss-reactive ketones (excluding diaryl/α,β-unsaturated/α-hetero) is 1. The minimum absolute atomic E-state index is 0.247. The van der Waals surface area contributed by atoms with Crippen molar-refractivity contribution in [3.63, 3.8) is 0 Å². The van der Waals surface area contributed by atoms with Gasteiger partial charge in [-0.25, -0.2) is 0 Å². The van der Waals surface area contributed by atoms with Gasteiger partial charge in [0.1, 0.15) is 0 Å². The van der Waals surface area contributed by atoms with Gasteiger partial charge in [0.25, 0.3) is 0 Å². The maximum absolute atomic E-state index is 12.6. The van der Waals surface area contributed by atoms with Gasteiger partial charge in [-0.1, -0.05) is 0 Å². The highest BCUT2D eigenvalue weighted by Crippen LogP contribution is 2.38. The molecule has 0 saturated carbocycles. The summed E-state index contributed by atoms with van der Waals surface area (Å²) in [6, 6.07) is 0. The minimum Gasteiger partial charge on any atom is -0.361 e. The van der Waals surface area contributed by atoms with Crippen LogP contribution < -0.4 is 5.32 Å². The fourth-order valence-corrected chi connectivity index (χ4v) is 3.95. The number of fused-ring (bicyclic) bond motifs is 4. The highest BCUT2D eigenvalue weighted by Gasteiger charge is 2.40. The van der Waals surface area contributed by atoms with Gasteiger partial charge < -0.3 is 10.3 Å². The van der Waals surface area contributed by atoms with Gasteiger partial charge in [0.2, 0.25) is 0 Å². The number of hydrogen-bond donors (Lipinski definition) is 2.